The van der Waals surface area contributed by atoms with E-state index in [1.807, 2.05) is 30.3 Å². The van der Waals surface area contributed by atoms with Crippen LogP contribution < -0.4 is 3.83 Å². The second-order valence-corrected chi connectivity index (χ2v) is 2.62. The van der Waals surface area contributed by atoms with Gasteiger partial charge in [0.15, 0.2) is 16.3 Å². The van der Waals surface area contributed by atoms with Gasteiger partial charge < -0.3 is 8.81 Å². The Morgan fingerprint density at radius 2 is 2.09 bits per heavy atom. The van der Waals surface area contributed by atoms with Gasteiger partial charge in [-0.25, -0.2) is 0 Å². The Morgan fingerprint density at radius 3 is 2.82 bits per heavy atom. The molecule has 0 saturated carbocycles. The van der Waals surface area contributed by atoms with Crippen LogP contribution in [0.4, 0.5) is 0 Å². The van der Waals surface area contributed by atoms with E-state index in [-0.39, 0.29) is 0 Å². The first-order valence-corrected chi connectivity index (χ1v) is 3.91. The molecule has 0 aliphatic heterocycles. The molecule has 0 aliphatic carbocycles. The Hall–Kier alpha value is -0.960. The van der Waals surface area contributed by atoms with E-state index in [2.05, 4.69) is 21.2 Å². The van der Waals surface area contributed by atoms with Crippen LogP contribution in [0.5, 0.6) is 5.88 Å². The van der Waals surface area contributed by atoms with Gasteiger partial charge in [-0.2, -0.15) is 0 Å². The summed E-state index contributed by atoms with van der Waals surface area (Å²) < 4.78 is 4.86. The Kier molecular flexibility index (Phi) is 1.58. The van der Waals surface area contributed by atoms with Gasteiger partial charge in [0.1, 0.15) is 0 Å². The monoisotopic (exact) mass is 211 g/mol. The van der Waals surface area contributed by atoms with Crippen LogP contribution in [0.3, 0.4) is 0 Å². The van der Waals surface area contributed by atoms with Crippen molar-refractivity contribution in [3.8, 4) is 5.88 Å². The van der Waals surface area contributed by atoms with Crippen LogP contribution in [0.15, 0.2) is 30.3 Å². The van der Waals surface area contributed by atoms with Gasteiger partial charge in [0.2, 0.25) is 5.88 Å². The van der Waals surface area contributed by atoms with Crippen molar-refractivity contribution >= 4 is 27.2 Å². The molecule has 1 heterocycles. The van der Waals surface area contributed by atoms with Gasteiger partial charge in [0, 0.05) is 17.0 Å². The number of hydrogen-bond acceptors (Lipinski definition) is 1. The smallest absolute Gasteiger partial charge is 0.206 e. The number of H-pyrrole nitrogens is 1. The Morgan fingerprint density at radius 1 is 1.27 bits per heavy atom. The summed E-state index contributed by atoms with van der Waals surface area (Å²) in [6, 6.07) is 9.95. The van der Waals surface area contributed by atoms with Crippen LogP contribution in [-0.4, -0.2) is 4.98 Å². The fraction of sp³-hybridized carbons (Fsp3) is 0. The van der Waals surface area contributed by atoms with Crippen molar-refractivity contribution in [3.63, 3.8) is 0 Å². The van der Waals surface area contributed by atoms with Gasteiger partial charge >= 0.3 is 0 Å². The van der Waals surface area contributed by atoms with Gasteiger partial charge in [-0.1, -0.05) is 18.2 Å². The zero-order valence-electron chi connectivity index (χ0n) is 5.67. The number of rotatable bonds is 1. The Bertz CT molecular complexity index is 336. The van der Waals surface area contributed by atoms with E-state index in [0.29, 0.717) is 0 Å². The predicted octanol–water partition coefficient (Wildman–Crippen LogP) is 2.86. The minimum absolute atomic E-state index is 0.728. The Balaban J connectivity index is 2.69. The lowest BCUT2D eigenvalue weighted by atomic mass is 10.3. The van der Waals surface area contributed by atoms with E-state index >= 15 is 0 Å². The lowest BCUT2D eigenvalue weighted by Gasteiger charge is -1.85. The molecule has 0 radical (unpaired) electrons. The summed E-state index contributed by atoms with van der Waals surface area (Å²) in [5.41, 5.74) is 1.09. The topological polar surface area (TPSA) is 25.0 Å². The molecule has 0 saturated heterocycles. The minimum Gasteiger partial charge on any atom is -0.400 e. The van der Waals surface area contributed by atoms with E-state index in [9.17, 15) is 0 Å². The molecule has 0 atom stereocenters. The maximum atomic E-state index is 4.86. The first-order valence-electron chi connectivity index (χ1n) is 3.26. The summed E-state index contributed by atoms with van der Waals surface area (Å²) in [7, 11) is 0. The lowest BCUT2D eigenvalue weighted by molar-refractivity contribution is 0.654. The van der Waals surface area contributed by atoms with Gasteiger partial charge in [0.05, 0.1) is 0 Å². The standard InChI is InChI=1S/C8H6BrNO/c9-11-8-5-6-3-1-2-4-7(6)10-8/h1-5,10H. The van der Waals surface area contributed by atoms with Crippen molar-refractivity contribution in [2.45, 2.75) is 0 Å². The summed E-state index contributed by atoms with van der Waals surface area (Å²) in [6.45, 7) is 0. The summed E-state index contributed by atoms with van der Waals surface area (Å²) >= 11 is 2.90. The van der Waals surface area contributed by atoms with Crippen molar-refractivity contribution in [1.29, 1.82) is 0 Å². The number of para-hydroxylation sites is 1. The maximum absolute atomic E-state index is 4.86. The molecule has 2 aromatic rings. The molecule has 0 unspecified atom stereocenters. The zero-order valence-corrected chi connectivity index (χ0v) is 7.26. The molecular formula is C8H6BrNO. The van der Waals surface area contributed by atoms with Crippen LogP contribution in [0.1, 0.15) is 0 Å². The third-order valence-corrected chi connectivity index (χ3v) is 1.94. The van der Waals surface area contributed by atoms with Crippen molar-refractivity contribution < 1.29 is 3.83 Å². The highest BCUT2D eigenvalue weighted by Gasteiger charge is 1.97. The average molecular weight is 212 g/mol. The summed E-state index contributed by atoms with van der Waals surface area (Å²) in [5, 5.41) is 1.15. The number of nitrogens with one attached hydrogen (secondary N) is 1. The molecule has 1 aromatic carbocycles. The number of benzene rings is 1. The SMILES string of the molecule is BrOc1cc2ccccc2[nH]1. The van der Waals surface area contributed by atoms with Crippen molar-refractivity contribution in [2.75, 3.05) is 0 Å². The molecular weight excluding hydrogens is 206 g/mol. The van der Waals surface area contributed by atoms with Gasteiger partial charge in [0.25, 0.3) is 0 Å². The fourth-order valence-electron chi connectivity index (χ4n) is 1.09. The first-order chi connectivity index (χ1) is 5.40. The highest BCUT2D eigenvalue weighted by atomic mass is 79.9. The van der Waals surface area contributed by atoms with Crippen LogP contribution in [-0.2, 0) is 0 Å². The summed E-state index contributed by atoms with van der Waals surface area (Å²) in [5.74, 6) is 0.728. The van der Waals surface area contributed by atoms with Crippen LogP contribution in [0.25, 0.3) is 10.9 Å². The molecule has 3 heteroatoms. The summed E-state index contributed by atoms with van der Waals surface area (Å²) in [4.78, 5) is 3.08. The molecule has 1 N–H and O–H groups in total. The Labute approximate surface area is 72.6 Å². The maximum Gasteiger partial charge on any atom is 0.206 e. The molecule has 56 valence electrons. The van der Waals surface area contributed by atoms with Gasteiger partial charge in [-0.3, -0.25) is 0 Å². The van der Waals surface area contributed by atoms with Crippen molar-refractivity contribution in [3.05, 3.63) is 30.3 Å². The first kappa shape index (κ1) is 6.73. The molecule has 2 rings (SSSR count). The van der Waals surface area contributed by atoms with Crippen LogP contribution in [0.2, 0.25) is 0 Å². The van der Waals surface area contributed by atoms with Gasteiger partial charge in [-0.15, -0.1) is 0 Å². The lowest BCUT2D eigenvalue weighted by Crippen LogP contribution is -1.69. The number of fused-ring (bicyclic) bond motifs is 1. The molecule has 11 heavy (non-hydrogen) atoms. The molecule has 0 spiro atoms. The second-order valence-electron chi connectivity index (χ2n) is 2.30. The number of aromatic amines is 1. The quantitative estimate of drug-likeness (QED) is 0.772. The highest BCUT2D eigenvalue weighted by Crippen LogP contribution is 2.20. The van der Waals surface area contributed by atoms with Crippen LogP contribution in [0, 0.1) is 0 Å². The highest BCUT2D eigenvalue weighted by molar-refractivity contribution is 9.06. The second kappa shape index (κ2) is 2.58. The third kappa shape index (κ3) is 1.12. The zero-order chi connectivity index (χ0) is 7.68. The van der Waals surface area contributed by atoms with E-state index in [1.54, 1.807) is 0 Å². The fourth-order valence-corrected chi connectivity index (χ4v) is 1.26. The van der Waals surface area contributed by atoms with Crippen molar-refractivity contribution in [1.82, 2.24) is 4.98 Å². The minimum atomic E-state index is 0.728. The van der Waals surface area contributed by atoms with E-state index in [1.165, 1.54) is 0 Å². The average Bonchev–Trinajstić information content (AvgIpc) is 2.46. The van der Waals surface area contributed by atoms with Gasteiger partial charge in [-0.05, 0) is 6.07 Å². The van der Waals surface area contributed by atoms with Crippen molar-refractivity contribution in [2.24, 2.45) is 0 Å². The normalized spacial score (nSPS) is 10.3. The number of aromatic nitrogens is 1. The third-order valence-electron chi connectivity index (χ3n) is 1.59. The number of hydrogen-bond donors (Lipinski definition) is 1. The van der Waals surface area contributed by atoms with Crippen LogP contribution >= 0.6 is 16.3 Å². The molecule has 0 aliphatic rings. The van der Waals surface area contributed by atoms with E-state index < -0.39 is 0 Å². The predicted molar refractivity (Wildman–Crippen MR) is 47.9 cm³/mol. The molecule has 0 fully saturated rings. The van der Waals surface area contributed by atoms with E-state index in [0.717, 1.165) is 16.8 Å². The molecule has 0 amide bonds. The molecule has 2 nitrogen and oxygen atoms in total. The largest absolute Gasteiger partial charge is 0.400 e. The summed E-state index contributed by atoms with van der Waals surface area (Å²) in [6.07, 6.45) is 0. The molecule has 0 bridgehead atoms. The molecule has 1 aromatic heterocycles. The number of halogens is 1. The van der Waals surface area contributed by atoms with E-state index in [4.69, 9.17) is 3.83 Å².